The summed E-state index contributed by atoms with van der Waals surface area (Å²) in [7, 11) is 0. The molecule has 3 rings (SSSR count). The molecule has 0 radical (unpaired) electrons. The highest BCUT2D eigenvalue weighted by atomic mass is 16.3. The number of hydrogen-bond acceptors (Lipinski definition) is 3. The number of benzene rings is 1. The molecule has 1 heterocycles. The Labute approximate surface area is 109 Å². The summed E-state index contributed by atoms with van der Waals surface area (Å²) in [4.78, 5) is 27.2. The van der Waals surface area contributed by atoms with Gasteiger partial charge in [0.05, 0.1) is 12.1 Å². The number of hydrogen-bond donors (Lipinski definition) is 3. The number of aromatic nitrogens is 1. The van der Waals surface area contributed by atoms with E-state index in [1.54, 1.807) is 18.2 Å². The number of pyridine rings is 1. The molecule has 5 nitrogen and oxygen atoms in total. The highest BCUT2D eigenvalue weighted by Crippen LogP contribution is 2.34. The summed E-state index contributed by atoms with van der Waals surface area (Å²) in [6.45, 7) is -0.0930. The first kappa shape index (κ1) is 11.9. The summed E-state index contributed by atoms with van der Waals surface area (Å²) in [5.74, 6) is -0.432. The first-order valence-electron chi connectivity index (χ1n) is 6.19. The van der Waals surface area contributed by atoms with Crippen molar-refractivity contribution in [2.24, 2.45) is 0 Å². The quantitative estimate of drug-likeness (QED) is 0.761. The Kier molecular flexibility index (Phi) is 2.64. The monoisotopic (exact) mass is 258 g/mol. The van der Waals surface area contributed by atoms with Crippen molar-refractivity contribution < 1.29 is 9.90 Å². The molecular weight excluding hydrogens is 244 g/mol. The Hall–Kier alpha value is -2.14. The maximum absolute atomic E-state index is 12.2. The Balaban J connectivity index is 1.99. The van der Waals surface area contributed by atoms with Crippen LogP contribution in [0.1, 0.15) is 23.2 Å². The number of amides is 1. The standard InChI is InChI=1S/C14H14N2O3/c17-8-14(5-6-14)16-13(19)10-7-15-11-4-2-1-3-9(11)12(10)18/h1-4,7,17H,5-6,8H2,(H,15,18)(H,16,19). The maximum atomic E-state index is 12.2. The van der Waals surface area contributed by atoms with E-state index >= 15 is 0 Å². The molecule has 3 N–H and O–H groups in total. The van der Waals surface area contributed by atoms with Crippen LogP contribution in [0, 0.1) is 0 Å². The molecule has 0 aliphatic heterocycles. The van der Waals surface area contributed by atoms with Gasteiger partial charge in [-0.15, -0.1) is 0 Å². The zero-order valence-electron chi connectivity index (χ0n) is 10.3. The molecule has 1 amide bonds. The van der Waals surface area contributed by atoms with Gasteiger partial charge in [-0.2, -0.15) is 0 Å². The molecule has 1 aromatic carbocycles. The summed E-state index contributed by atoms with van der Waals surface area (Å²) in [5.41, 5.74) is -0.0267. The van der Waals surface area contributed by atoms with Crippen LogP contribution in [0.2, 0.25) is 0 Å². The Morgan fingerprint density at radius 3 is 2.79 bits per heavy atom. The van der Waals surface area contributed by atoms with Crippen LogP contribution in [0.5, 0.6) is 0 Å². The number of carbonyl (C=O) groups is 1. The number of H-pyrrole nitrogens is 1. The molecule has 19 heavy (non-hydrogen) atoms. The Morgan fingerprint density at radius 1 is 1.37 bits per heavy atom. The summed E-state index contributed by atoms with van der Waals surface area (Å²) < 4.78 is 0. The van der Waals surface area contributed by atoms with Crippen LogP contribution >= 0.6 is 0 Å². The van der Waals surface area contributed by atoms with E-state index in [0.29, 0.717) is 10.9 Å². The lowest BCUT2D eigenvalue weighted by Crippen LogP contribution is -2.41. The molecular formula is C14H14N2O3. The minimum absolute atomic E-state index is 0.0819. The number of fused-ring (bicyclic) bond motifs is 1. The van der Waals surface area contributed by atoms with Crippen molar-refractivity contribution in [3.8, 4) is 0 Å². The van der Waals surface area contributed by atoms with Crippen LogP contribution in [0.4, 0.5) is 0 Å². The molecule has 98 valence electrons. The van der Waals surface area contributed by atoms with Crippen molar-refractivity contribution in [2.45, 2.75) is 18.4 Å². The van der Waals surface area contributed by atoms with E-state index in [9.17, 15) is 14.7 Å². The van der Waals surface area contributed by atoms with Gasteiger partial charge in [0.25, 0.3) is 5.91 Å². The number of rotatable bonds is 3. The summed E-state index contributed by atoms with van der Waals surface area (Å²) in [6.07, 6.45) is 2.93. The van der Waals surface area contributed by atoms with Gasteiger partial charge < -0.3 is 15.4 Å². The summed E-state index contributed by atoms with van der Waals surface area (Å²) >= 11 is 0. The minimum Gasteiger partial charge on any atom is -0.394 e. The molecule has 0 unspecified atom stereocenters. The second-order valence-electron chi connectivity index (χ2n) is 4.97. The van der Waals surface area contributed by atoms with E-state index in [4.69, 9.17) is 0 Å². The third-order valence-corrected chi connectivity index (χ3v) is 3.57. The highest BCUT2D eigenvalue weighted by Gasteiger charge is 2.43. The first-order chi connectivity index (χ1) is 9.15. The van der Waals surface area contributed by atoms with Crippen molar-refractivity contribution in [1.82, 2.24) is 10.3 Å². The molecule has 0 atom stereocenters. The van der Waals surface area contributed by atoms with Crippen molar-refractivity contribution >= 4 is 16.8 Å². The van der Waals surface area contributed by atoms with Crippen LogP contribution in [0.25, 0.3) is 10.9 Å². The lowest BCUT2D eigenvalue weighted by Gasteiger charge is -2.13. The largest absolute Gasteiger partial charge is 0.394 e. The van der Waals surface area contributed by atoms with Gasteiger partial charge in [-0.25, -0.2) is 0 Å². The highest BCUT2D eigenvalue weighted by molar-refractivity contribution is 5.97. The van der Waals surface area contributed by atoms with Crippen molar-refractivity contribution in [1.29, 1.82) is 0 Å². The molecule has 0 saturated heterocycles. The third kappa shape index (κ3) is 2.02. The second-order valence-corrected chi connectivity index (χ2v) is 4.97. The smallest absolute Gasteiger partial charge is 0.257 e. The third-order valence-electron chi connectivity index (χ3n) is 3.57. The molecule has 2 aromatic rings. The number of carbonyl (C=O) groups excluding carboxylic acids is 1. The lowest BCUT2D eigenvalue weighted by molar-refractivity contribution is 0.0905. The summed E-state index contributed by atoms with van der Waals surface area (Å²) in [6, 6.07) is 7.05. The van der Waals surface area contributed by atoms with Crippen LogP contribution in [0.15, 0.2) is 35.3 Å². The molecule has 1 aromatic heterocycles. The molecule has 0 bridgehead atoms. The Bertz CT molecular complexity index is 701. The molecule has 5 heteroatoms. The van der Waals surface area contributed by atoms with E-state index in [0.717, 1.165) is 12.8 Å². The zero-order valence-corrected chi connectivity index (χ0v) is 10.3. The zero-order chi connectivity index (χ0) is 13.5. The first-order valence-corrected chi connectivity index (χ1v) is 6.19. The van der Waals surface area contributed by atoms with Crippen LogP contribution in [-0.4, -0.2) is 28.1 Å². The normalized spacial score (nSPS) is 16.3. The minimum atomic E-state index is -0.519. The summed E-state index contributed by atoms with van der Waals surface area (Å²) in [5, 5.41) is 12.4. The van der Waals surface area contributed by atoms with E-state index in [-0.39, 0.29) is 17.6 Å². The second kappa shape index (κ2) is 4.20. The molecule has 1 fully saturated rings. The SMILES string of the molecule is O=C(NC1(CO)CC1)c1c[nH]c2ccccc2c1=O. The number of aliphatic hydroxyl groups is 1. The molecule has 1 aliphatic carbocycles. The van der Waals surface area contributed by atoms with Gasteiger partial charge in [-0.05, 0) is 25.0 Å². The number of nitrogens with one attached hydrogen (secondary N) is 2. The van der Waals surface area contributed by atoms with Gasteiger partial charge in [0.1, 0.15) is 5.56 Å². The van der Waals surface area contributed by atoms with E-state index in [1.807, 2.05) is 6.07 Å². The number of aromatic amines is 1. The van der Waals surface area contributed by atoms with Crippen LogP contribution in [-0.2, 0) is 0 Å². The van der Waals surface area contributed by atoms with Crippen molar-refractivity contribution in [3.05, 3.63) is 46.2 Å². The van der Waals surface area contributed by atoms with Crippen molar-refractivity contribution in [3.63, 3.8) is 0 Å². The fourth-order valence-corrected chi connectivity index (χ4v) is 2.12. The van der Waals surface area contributed by atoms with E-state index in [2.05, 4.69) is 10.3 Å². The molecule has 0 spiro atoms. The van der Waals surface area contributed by atoms with Gasteiger partial charge in [-0.3, -0.25) is 9.59 Å². The van der Waals surface area contributed by atoms with Crippen LogP contribution in [0.3, 0.4) is 0 Å². The van der Waals surface area contributed by atoms with Gasteiger partial charge >= 0.3 is 0 Å². The molecule has 1 saturated carbocycles. The van der Waals surface area contributed by atoms with Gasteiger partial charge in [0.15, 0.2) is 0 Å². The van der Waals surface area contributed by atoms with Gasteiger partial charge in [0, 0.05) is 17.1 Å². The fourth-order valence-electron chi connectivity index (χ4n) is 2.12. The molecule has 1 aliphatic rings. The Morgan fingerprint density at radius 2 is 2.11 bits per heavy atom. The topological polar surface area (TPSA) is 82.2 Å². The lowest BCUT2D eigenvalue weighted by atomic mass is 10.1. The predicted octanol–water partition coefficient (Wildman–Crippen LogP) is 0.783. The van der Waals surface area contributed by atoms with E-state index in [1.165, 1.54) is 6.20 Å². The fraction of sp³-hybridized carbons (Fsp3) is 0.286. The van der Waals surface area contributed by atoms with E-state index < -0.39 is 11.4 Å². The number of para-hydroxylation sites is 1. The van der Waals surface area contributed by atoms with Gasteiger partial charge in [-0.1, -0.05) is 12.1 Å². The predicted molar refractivity (Wildman–Crippen MR) is 71.1 cm³/mol. The number of aliphatic hydroxyl groups excluding tert-OH is 1. The average molecular weight is 258 g/mol. The van der Waals surface area contributed by atoms with Gasteiger partial charge in [0.2, 0.25) is 5.43 Å². The van der Waals surface area contributed by atoms with Crippen LogP contribution < -0.4 is 10.7 Å². The maximum Gasteiger partial charge on any atom is 0.257 e. The average Bonchev–Trinajstić information content (AvgIpc) is 3.19. The van der Waals surface area contributed by atoms with Crippen molar-refractivity contribution in [2.75, 3.05) is 6.61 Å².